The lowest BCUT2D eigenvalue weighted by atomic mass is 9.83. The zero-order valence-corrected chi connectivity index (χ0v) is 9.55. The van der Waals surface area contributed by atoms with Gasteiger partial charge >= 0.3 is 5.97 Å². The van der Waals surface area contributed by atoms with Crippen LogP contribution in [0.25, 0.3) is 0 Å². The van der Waals surface area contributed by atoms with Crippen molar-refractivity contribution in [1.29, 1.82) is 0 Å². The molecule has 0 aromatic heterocycles. The number of ketones is 1. The van der Waals surface area contributed by atoms with Crippen LogP contribution < -0.4 is 0 Å². The second-order valence-electron chi connectivity index (χ2n) is 4.10. The maximum atomic E-state index is 11.2. The van der Waals surface area contributed by atoms with E-state index in [0.717, 1.165) is 6.42 Å². The van der Waals surface area contributed by atoms with Crippen LogP contribution in [0.15, 0.2) is 0 Å². The van der Waals surface area contributed by atoms with Gasteiger partial charge in [-0.05, 0) is 26.7 Å². The number of hydrogen-bond donors (Lipinski definition) is 0. The molecular formula is C11H20O3. The van der Waals surface area contributed by atoms with Crippen LogP contribution in [0.4, 0.5) is 0 Å². The average Bonchev–Trinajstić information content (AvgIpc) is 2.04. The molecule has 0 aromatic rings. The van der Waals surface area contributed by atoms with Crippen LogP contribution in [0.1, 0.15) is 47.0 Å². The SMILES string of the molecule is CCOC(=O)CCCC(C)(C)C(C)=O. The summed E-state index contributed by atoms with van der Waals surface area (Å²) in [5.74, 6) is -0.00629. The molecule has 0 heterocycles. The monoisotopic (exact) mass is 200 g/mol. The van der Waals surface area contributed by atoms with Crippen LogP contribution in [-0.2, 0) is 14.3 Å². The van der Waals surface area contributed by atoms with Crippen LogP contribution in [0, 0.1) is 5.41 Å². The van der Waals surface area contributed by atoms with Gasteiger partial charge in [0.25, 0.3) is 0 Å². The lowest BCUT2D eigenvalue weighted by Gasteiger charge is -2.20. The molecule has 0 rings (SSSR count). The van der Waals surface area contributed by atoms with E-state index in [2.05, 4.69) is 0 Å². The van der Waals surface area contributed by atoms with Gasteiger partial charge < -0.3 is 4.74 Å². The lowest BCUT2D eigenvalue weighted by molar-refractivity contribution is -0.143. The summed E-state index contributed by atoms with van der Waals surface area (Å²) in [6.45, 7) is 7.61. The van der Waals surface area contributed by atoms with Crippen LogP contribution in [0.5, 0.6) is 0 Å². The van der Waals surface area contributed by atoms with Gasteiger partial charge in [0.05, 0.1) is 6.61 Å². The number of Topliss-reactive ketones (excluding diaryl/α,β-unsaturated/α-hetero) is 1. The van der Waals surface area contributed by atoms with Crippen LogP contribution in [0.3, 0.4) is 0 Å². The van der Waals surface area contributed by atoms with Gasteiger partial charge in [-0.25, -0.2) is 0 Å². The molecule has 0 aliphatic carbocycles. The molecule has 0 fully saturated rings. The number of carbonyl (C=O) groups excluding carboxylic acids is 2. The molecule has 0 atom stereocenters. The van der Waals surface area contributed by atoms with Crippen LogP contribution >= 0.6 is 0 Å². The van der Waals surface area contributed by atoms with E-state index in [0.29, 0.717) is 19.4 Å². The van der Waals surface area contributed by atoms with Crippen molar-refractivity contribution in [3.63, 3.8) is 0 Å². The van der Waals surface area contributed by atoms with Gasteiger partial charge in [0.2, 0.25) is 0 Å². The average molecular weight is 200 g/mol. The molecule has 3 nitrogen and oxygen atoms in total. The fourth-order valence-electron chi connectivity index (χ4n) is 1.08. The van der Waals surface area contributed by atoms with Crippen molar-refractivity contribution in [3.8, 4) is 0 Å². The molecule has 0 aliphatic rings. The summed E-state index contributed by atoms with van der Waals surface area (Å²) in [4.78, 5) is 22.1. The van der Waals surface area contributed by atoms with Crippen molar-refractivity contribution in [3.05, 3.63) is 0 Å². The number of esters is 1. The summed E-state index contributed by atoms with van der Waals surface area (Å²) in [5.41, 5.74) is -0.313. The molecule has 3 heteroatoms. The number of carbonyl (C=O) groups is 2. The van der Waals surface area contributed by atoms with Crippen LogP contribution in [0.2, 0.25) is 0 Å². The fourth-order valence-corrected chi connectivity index (χ4v) is 1.08. The maximum absolute atomic E-state index is 11.2. The van der Waals surface area contributed by atoms with Crippen molar-refractivity contribution in [1.82, 2.24) is 0 Å². The Hall–Kier alpha value is -0.860. The highest BCUT2D eigenvalue weighted by atomic mass is 16.5. The maximum Gasteiger partial charge on any atom is 0.305 e. The van der Waals surface area contributed by atoms with E-state index in [-0.39, 0.29) is 17.2 Å². The largest absolute Gasteiger partial charge is 0.466 e. The second-order valence-corrected chi connectivity index (χ2v) is 4.10. The summed E-state index contributed by atoms with van der Waals surface area (Å²) in [7, 11) is 0. The molecule has 0 aromatic carbocycles. The third-order valence-corrected chi connectivity index (χ3v) is 2.44. The first-order chi connectivity index (χ1) is 6.40. The van der Waals surface area contributed by atoms with E-state index in [1.165, 1.54) is 0 Å². The zero-order chi connectivity index (χ0) is 11.2. The molecule has 0 saturated carbocycles. The Morgan fingerprint density at radius 2 is 1.86 bits per heavy atom. The van der Waals surface area contributed by atoms with Crippen LogP contribution in [-0.4, -0.2) is 18.4 Å². The Bertz CT molecular complexity index is 207. The summed E-state index contributed by atoms with van der Waals surface area (Å²) in [5, 5.41) is 0. The molecule has 0 N–H and O–H groups in total. The van der Waals surface area contributed by atoms with Crippen molar-refractivity contribution in [2.45, 2.75) is 47.0 Å². The minimum atomic E-state index is -0.313. The molecule has 82 valence electrons. The topological polar surface area (TPSA) is 43.4 Å². The van der Waals surface area contributed by atoms with E-state index in [9.17, 15) is 9.59 Å². The second kappa shape index (κ2) is 5.78. The van der Waals surface area contributed by atoms with Gasteiger partial charge in [-0.2, -0.15) is 0 Å². The molecule has 0 bridgehead atoms. The first-order valence-corrected chi connectivity index (χ1v) is 5.07. The van der Waals surface area contributed by atoms with Gasteiger partial charge in [-0.1, -0.05) is 13.8 Å². The minimum Gasteiger partial charge on any atom is -0.466 e. The first-order valence-electron chi connectivity index (χ1n) is 5.07. The van der Waals surface area contributed by atoms with Crippen molar-refractivity contribution in [2.24, 2.45) is 5.41 Å². The van der Waals surface area contributed by atoms with Crippen molar-refractivity contribution >= 4 is 11.8 Å². The van der Waals surface area contributed by atoms with Gasteiger partial charge in [-0.3, -0.25) is 9.59 Å². The Kier molecular flexibility index (Phi) is 5.43. The summed E-state index contributed by atoms with van der Waals surface area (Å²) < 4.78 is 4.79. The number of hydrogen-bond acceptors (Lipinski definition) is 3. The normalized spacial score (nSPS) is 11.1. The van der Waals surface area contributed by atoms with Gasteiger partial charge in [-0.15, -0.1) is 0 Å². The van der Waals surface area contributed by atoms with Gasteiger partial charge in [0.15, 0.2) is 0 Å². The first kappa shape index (κ1) is 13.1. The predicted octanol–water partition coefficient (Wildman–Crippen LogP) is 2.33. The molecule has 0 aliphatic heterocycles. The zero-order valence-electron chi connectivity index (χ0n) is 9.55. The highest BCUT2D eigenvalue weighted by molar-refractivity contribution is 5.81. The van der Waals surface area contributed by atoms with Crippen molar-refractivity contribution < 1.29 is 14.3 Å². The molecule has 0 amide bonds. The Balaban J connectivity index is 3.74. The van der Waals surface area contributed by atoms with E-state index in [1.54, 1.807) is 13.8 Å². The smallest absolute Gasteiger partial charge is 0.305 e. The summed E-state index contributed by atoms with van der Waals surface area (Å²) in [6, 6.07) is 0. The molecule has 0 unspecified atom stereocenters. The predicted molar refractivity (Wildman–Crippen MR) is 54.9 cm³/mol. The van der Waals surface area contributed by atoms with Crippen molar-refractivity contribution in [2.75, 3.05) is 6.61 Å². The Labute approximate surface area is 85.8 Å². The van der Waals surface area contributed by atoms with Gasteiger partial charge in [0, 0.05) is 11.8 Å². The van der Waals surface area contributed by atoms with E-state index >= 15 is 0 Å². The number of ether oxygens (including phenoxy) is 1. The fraction of sp³-hybridized carbons (Fsp3) is 0.818. The molecule has 14 heavy (non-hydrogen) atoms. The molecule has 0 radical (unpaired) electrons. The highest BCUT2D eigenvalue weighted by Gasteiger charge is 2.23. The van der Waals surface area contributed by atoms with E-state index in [4.69, 9.17) is 4.74 Å². The van der Waals surface area contributed by atoms with Gasteiger partial charge in [0.1, 0.15) is 5.78 Å². The van der Waals surface area contributed by atoms with E-state index < -0.39 is 0 Å². The standard InChI is InChI=1S/C11H20O3/c1-5-14-10(13)7-6-8-11(3,4)9(2)12/h5-8H2,1-4H3. The molecular weight excluding hydrogens is 180 g/mol. The quantitative estimate of drug-likeness (QED) is 0.618. The summed E-state index contributed by atoms with van der Waals surface area (Å²) >= 11 is 0. The lowest BCUT2D eigenvalue weighted by Crippen LogP contribution is -2.21. The number of rotatable bonds is 6. The summed E-state index contributed by atoms with van der Waals surface area (Å²) in [6.07, 6.45) is 1.86. The molecule has 0 saturated heterocycles. The van der Waals surface area contributed by atoms with E-state index in [1.807, 2.05) is 13.8 Å². The third-order valence-electron chi connectivity index (χ3n) is 2.44. The molecule has 0 spiro atoms. The Morgan fingerprint density at radius 3 is 2.29 bits per heavy atom. The third kappa shape index (κ3) is 5.00. The Morgan fingerprint density at radius 1 is 1.29 bits per heavy atom. The minimum absolute atomic E-state index is 0.168. The highest BCUT2D eigenvalue weighted by Crippen LogP contribution is 2.24.